The minimum atomic E-state index is -4.50. The molecule has 0 N–H and O–H groups in total. The van der Waals surface area contributed by atoms with Crippen molar-refractivity contribution in [1.82, 2.24) is 4.90 Å². The van der Waals surface area contributed by atoms with Crippen molar-refractivity contribution in [1.29, 1.82) is 0 Å². The number of benzene rings is 2. The number of hydrogen-bond donors (Lipinski definition) is 0. The van der Waals surface area contributed by atoms with Gasteiger partial charge in [-0.25, -0.2) is 8.42 Å². The highest BCUT2D eigenvalue weighted by Crippen LogP contribution is 2.32. The molecule has 1 aliphatic carbocycles. The number of hydrogen-bond acceptors (Lipinski definition) is 3. The molecule has 0 atom stereocenters. The first-order chi connectivity index (χ1) is 15.4. The molecular formula is C26H30F3NO2S. The summed E-state index contributed by atoms with van der Waals surface area (Å²) in [6, 6.07) is 13.8. The fourth-order valence-corrected chi connectivity index (χ4v) is 4.92. The number of rotatable bonds is 7. The van der Waals surface area contributed by atoms with Crippen LogP contribution in [0.25, 0.3) is 16.8 Å². The normalized spacial score (nSPS) is 16.0. The van der Waals surface area contributed by atoms with Crippen LogP contribution in [0.5, 0.6) is 0 Å². The average molecular weight is 478 g/mol. The van der Waals surface area contributed by atoms with E-state index in [4.69, 9.17) is 0 Å². The summed E-state index contributed by atoms with van der Waals surface area (Å²) in [5.74, 6) is 0.462. The van der Waals surface area contributed by atoms with E-state index in [0.29, 0.717) is 23.7 Å². The molecule has 0 bridgehead atoms. The second-order valence-corrected chi connectivity index (χ2v) is 10.8. The monoisotopic (exact) mass is 477 g/mol. The van der Waals surface area contributed by atoms with Gasteiger partial charge in [0.1, 0.15) is 0 Å². The second kappa shape index (κ2) is 10.2. The summed E-state index contributed by atoms with van der Waals surface area (Å²) < 4.78 is 63.5. The van der Waals surface area contributed by atoms with Crippen LogP contribution in [-0.4, -0.2) is 39.3 Å². The number of halogens is 3. The van der Waals surface area contributed by atoms with E-state index in [1.165, 1.54) is 12.5 Å². The third kappa shape index (κ3) is 6.73. The Kier molecular flexibility index (Phi) is 7.73. The van der Waals surface area contributed by atoms with Gasteiger partial charge in [-0.1, -0.05) is 62.2 Å². The minimum Gasteiger partial charge on any atom is -0.374 e. The van der Waals surface area contributed by atoms with Crippen molar-refractivity contribution >= 4 is 15.5 Å². The van der Waals surface area contributed by atoms with E-state index in [2.05, 4.69) is 6.58 Å². The Morgan fingerprint density at radius 3 is 2.27 bits per heavy atom. The van der Waals surface area contributed by atoms with Crippen molar-refractivity contribution in [3.05, 3.63) is 72.3 Å². The smallest absolute Gasteiger partial charge is 0.374 e. The molecule has 0 aliphatic heterocycles. The van der Waals surface area contributed by atoms with Crippen LogP contribution in [-0.2, 0) is 9.84 Å². The average Bonchev–Trinajstić information content (AvgIpc) is 2.77. The van der Waals surface area contributed by atoms with E-state index in [1.54, 1.807) is 42.5 Å². The van der Waals surface area contributed by atoms with Crippen molar-refractivity contribution in [2.24, 2.45) is 5.92 Å². The zero-order valence-electron chi connectivity index (χ0n) is 19.0. The van der Waals surface area contributed by atoms with Gasteiger partial charge in [-0.05, 0) is 53.7 Å². The van der Waals surface area contributed by atoms with Crippen LogP contribution in [0.4, 0.5) is 13.2 Å². The Balaban J connectivity index is 1.92. The van der Waals surface area contributed by atoms with Gasteiger partial charge >= 0.3 is 6.18 Å². The molecular weight excluding hydrogens is 447 g/mol. The van der Waals surface area contributed by atoms with Gasteiger partial charge in [0.05, 0.1) is 10.5 Å². The highest BCUT2D eigenvalue weighted by molar-refractivity contribution is 7.90. The SMILES string of the molecule is C=C(/C=C(/c1ccc(-c2cccc(S(C)(=O)=O)c2)cc1)N(C)CC1CCCCC1)C(F)(F)F. The maximum absolute atomic E-state index is 13.3. The number of sulfone groups is 1. The predicted octanol–water partition coefficient (Wildman–Crippen LogP) is 6.73. The van der Waals surface area contributed by atoms with Crippen LogP contribution in [0.2, 0.25) is 0 Å². The first kappa shape index (κ1) is 25.1. The summed E-state index contributed by atoms with van der Waals surface area (Å²) in [5, 5.41) is 0. The summed E-state index contributed by atoms with van der Waals surface area (Å²) in [6.07, 6.45) is 3.49. The molecule has 1 fully saturated rings. The van der Waals surface area contributed by atoms with E-state index in [-0.39, 0.29) is 4.90 Å². The standard InChI is InChI=1S/C26H30F3NO2S/c1-19(26(27,28)29)16-25(30(2)18-20-8-5-4-6-9-20)22-14-12-21(13-15-22)23-10-7-11-24(17-23)33(3,31)32/h7,10-17,20H,1,4-6,8-9,18H2,2-3H3/b25-16-. The highest BCUT2D eigenvalue weighted by atomic mass is 32.2. The number of nitrogens with zero attached hydrogens (tertiary/aromatic N) is 1. The van der Waals surface area contributed by atoms with Gasteiger partial charge in [-0.3, -0.25) is 0 Å². The molecule has 1 saturated carbocycles. The molecule has 33 heavy (non-hydrogen) atoms. The van der Waals surface area contributed by atoms with Crippen LogP contribution in [0.15, 0.2) is 71.7 Å². The molecule has 0 heterocycles. The summed E-state index contributed by atoms with van der Waals surface area (Å²) in [5.41, 5.74) is 1.75. The third-order valence-electron chi connectivity index (χ3n) is 6.12. The van der Waals surface area contributed by atoms with E-state index in [1.807, 2.05) is 11.9 Å². The molecule has 0 spiro atoms. The third-order valence-corrected chi connectivity index (χ3v) is 7.23. The van der Waals surface area contributed by atoms with Crippen molar-refractivity contribution in [3.63, 3.8) is 0 Å². The van der Waals surface area contributed by atoms with Gasteiger partial charge in [0, 0.05) is 25.5 Å². The van der Waals surface area contributed by atoms with Crippen LogP contribution >= 0.6 is 0 Å². The molecule has 0 aromatic heterocycles. The van der Waals surface area contributed by atoms with Crippen molar-refractivity contribution in [2.45, 2.75) is 43.2 Å². The van der Waals surface area contributed by atoms with Crippen LogP contribution in [0.3, 0.4) is 0 Å². The maximum atomic E-state index is 13.3. The molecule has 0 unspecified atom stereocenters. The van der Waals surface area contributed by atoms with Gasteiger partial charge in [0.2, 0.25) is 0 Å². The predicted molar refractivity (Wildman–Crippen MR) is 127 cm³/mol. The zero-order valence-corrected chi connectivity index (χ0v) is 19.8. The van der Waals surface area contributed by atoms with Gasteiger partial charge in [-0.2, -0.15) is 13.2 Å². The molecule has 178 valence electrons. The number of allylic oxidation sites excluding steroid dienone is 2. The quantitative estimate of drug-likeness (QED) is 0.415. The fourth-order valence-electron chi connectivity index (χ4n) is 4.26. The molecule has 3 nitrogen and oxygen atoms in total. The topological polar surface area (TPSA) is 37.4 Å². The molecule has 2 aromatic carbocycles. The van der Waals surface area contributed by atoms with E-state index in [9.17, 15) is 21.6 Å². The van der Waals surface area contributed by atoms with Crippen molar-refractivity contribution < 1.29 is 21.6 Å². The maximum Gasteiger partial charge on any atom is 0.415 e. The first-order valence-electron chi connectivity index (χ1n) is 11.0. The van der Waals surface area contributed by atoms with Gasteiger partial charge in [0.15, 0.2) is 9.84 Å². The Bertz CT molecular complexity index is 1110. The van der Waals surface area contributed by atoms with Crippen LogP contribution in [0.1, 0.15) is 37.7 Å². The minimum absolute atomic E-state index is 0.221. The summed E-state index contributed by atoms with van der Waals surface area (Å²) in [7, 11) is -1.51. The largest absolute Gasteiger partial charge is 0.415 e. The molecule has 3 rings (SSSR count). The lowest BCUT2D eigenvalue weighted by Crippen LogP contribution is -2.26. The Hall–Kier alpha value is -2.54. The lowest BCUT2D eigenvalue weighted by Gasteiger charge is -2.30. The molecule has 7 heteroatoms. The Labute approximate surface area is 194 Å². The van der Waals surface area contributed by atoms with Crippen molar-refractivity contribution in [2.75, 3.05) is 19.8 Å². The molecule has 0 amide bonds. The second-order valence-electron chi connectivity index (χ2n) is 8.81. The van der Waals surface area contributed by atoms with E-state index < -0.39 is 21.6 Å². The first-order valence-corrected chi connectivity index (χ1v) is 12.9. The molecule has 0 radical (unpaired) electrons. The van der Waals surface area contributed by atoms with Crippen LogP contribution in [0, 0.1) is 5.92 Å². The highest BCUT2D eigenvalue weighted by Gasteiger charge is 2.31. The lowest BCUT2D eigenvalue weighted by molar-refractivity contribution is -0.0878. The van der Waals surface area contributed by atoms with Gasteiger partial charge in [-0.15, -0.1) is 0 Å². The van der Waals surface area contributed by atoms with Gasteiger partial charge < -0.3 is 4.90 Å². The van der Waals surface area contributed by atoms with Crippen molar-refractivity contribution in [3.8, 4) is 11.1 Å². The summed E-state index contributed by atoms with van der Waals surface area (Å²) in [4.78, 5) is 2.12. The van der Waals surface area contributed by atoms with E-state index >= 15 is 0 Å². The number of alkyl halides is 3. The van der Waals surface area contributed by atoms with E-state index in [0.717, 1.165) is 49.1 Å². The molecule has 0 saturated heterocycles. The fraction of sp³-hybridized carbons (Fsp3) is 0.385. The Morgan fingerprint density at radius 2 is 1.70 bits per heavy atom. The molecule has 1 aliphatic rings. The zero-order chi connectivity index (χ0) is 24.2. The summed E-state index contributed by atoms with van der Waals surface area (Å²) >= 11 is 0. The van der Waals surface area contributed by atoms with Crippen LogP contribution < -0.4 is 0 Å². The summed E-state index contributed by atoms with van der Waals surface area (Å²) in [6.45, 7) is 3.92. The Morgan fingerprint density at radius 1 is 1.06 bits per heavy atom. The molecule has 2 aromatic rings. The van der Waals surface area contributed by atoms with Gasteiger partial charge in [0.25, 0.3) is 0 Å². The lowest BCUT2D eigenvalue weighted by atomic mass is 9.88.